The van der Waals surface area contributed by atoms with E-state index in [9.17, 15) is 24.6 Å². The summed E-state index contributed by atoms with van der Waals surface area (Å²) in [6.45, 7) is 1.50. The van der Waals surface area contributed by atoms with Crippen molar-refractivity contribution in [1.82, 2.24) is 0 Å². The van der Waals surface area contributed by atoms with E-state index in [1.54, 1.807) is 0 Å². The molecule has 0 bridgehead atoms. The normalized spacial score (nSPS) is 15.3. The molecule has 8 nitrogen and oxygen atoms in total. The van der Waals surface area contributed by atoms with Gasteiger partial charge in [-0.2, -0.15) is 0 Å². The van der Waals surface area contributed by atoms with E-state index in [1.165, 1.54) is 0 Å². The maximum Gasteiger partial charge on any atom is 0.336 e. The van der Waals surface area contributed by atoms with E-state index in [0.29, 0.717) is 12.8 Å². The minimum absolute atomic E-state index is 0.324. The lowest BCUT2D eigenvalue weighted by molar-refractivity contribution is -0.172. The van der Waals surface area contributed by atoms with E-state index in [1.807, 2.05) is 6.92 Å². The van der Waals surface area contributed by atoms with E-state index in [4.69, 9.17) is 10.2 Å². The molecule has 0 spiro atoms. The van der Waals surface area contributed by atoms with Crippen LogP contribution in [0.2, 0.25) is 0 Å². The standard InChI is InChI=1S/C11H18O8/c1-2-3-7(12)6-19-9(15)5-11(18,10(16)17)4-8(13)14/h7,12,18H,2-6H2,1H3,(H,13,14)(H,16,17). The average molecular weight is 278 g/mol. The molecular weight excluding hydrogens is 260 g/mol. The Morgan fingerprint density at radius 1 is 1.21 bits per heavy atom. The minimum Gasteiger partial charge on any atom is -0.481 e. The third-order valence-electron chi connectivity index (χ3n) is 2.34. The molecular formula is C11H18O8. The van der Waals surface area contributed by atoms with Gasteiger partial charge in [0.25, 0.3) is 0 Å². The molecule has 0 radical (unpaired) electrons. The molecule has 0 aromatic heterocycles. The molecule has 8 heteroatoms. The first-order valence-electron chi connectivity index (χ1n) is 5.72. The molecule has 110 valence electrons. The van der Waals surface area contributed by atoms with Gasteiger partial charge in [0.2, 0.25) is 0 Å². The zero-order valence-corrected chi connectivity index (χ0v) is 10.5. The van der Waals surface area contributed by atoms with Gasteiger partial charge in [0.1, 0.15) is 6.61 Å². The van der Waals surface area contributed by atoms with Crippen LogP contribution in [-0.4, -0.2) is 56.6 Å². The smallest absolute Gasteiger partial charge is 0.336 e. The van der Waals surface area contributed by atoms with Crippen LogP contribution in [0.1, 0.15) is 32.6 Å². The summed E-state index contributed by atoms with van der Waals surface area (Å²) in [5.74, 6) is -4.45. The van der Waals surface area contributed by atoms with E-state index < -0.39 is 42.5 Å². The molecule has 0 aromatic rings. The lowest BCUT2D eigenvalue weighted by Gasteiger charge is -2.20. The second kappa shape index (κ2) is 7.70. The fourth-order valence-corrected chi connectivity index (χ4v) is 1.36. The van der Waals surface area contributed by atoms with Crippen LogP contribution in [0.25, 0.3) is 0 Å². The topological polar surface area (TPSA) is 141 Å². The number of hydrogen-bond acceptors (Lipinski definition) is 6. The molecule has 19 heavy (non-hydrogen) atoms. The van der Waals surface area contributed by atoms with E-state index in [0.717, 1.165) is 0 Å². The van der Waals surface area contributed by atoms with Crippen molar-refractivity contribution in [1.29, 1.82) is 0 Å². The molecule has 0 saturated heterocycles. The molecule has 0 aromatic carbocycles. The van der Waals surface area contributed by atoms with Crippen molar-refractivity contribution in [2.75, 3.05) is 6.61 Å². The number of carbonyl (C=O) groups excluding carboxylic acids is 1. The van der Waals surface area contributed by atoms with Crippen molar-refractivity contribution < 1.29 is 39.5 Å². The van der Waals surface area contributed by atoms with Crippen LogP contribution in [0.3, 0.4) is 0 Å². The fourth-order valence-electron chi connectivity index (χ4n) is 1.36. The van der Waals surface area contributed by atoms with Gasteiger partial charge >= 0.3 is 17.9 Å². The van der Waals surface area contributed by atoms with E-state index in [2.05, 4.69) is 4.74 Å². The van der Waals surface area contributed by atoms with Crippen LogP contribution in [0, 0.1) is 0 Å². The Bertz CT molecular complexity index is 340. The van der Waals surface area contributed by atoms with Crippen molar-refractivity contribution in [3.63, 3.8) is 0 Å². The third-order valence-corrected chi connectivity index (χ3v) is 2.34. The van der Waals surface area contributed by atoms with Gasteiger partial charge in [-0.25, -0.2) is 4.79 Å². The lowest BCUT2D eigenvalue weighted by atomic mass is 9.96. The predicted octanol–water partition coefficient (Wildman–Crippen LogP) is -0.629. The van der Waals surface area contributed by atoms with Crippen LogP contribution in [0.4, 0.5) is 0 Å². The summed E-state index contributed by atoms with van der Waals surface area (Å²) in [5.41, 5.74) is -2.71. The van der Waals surface area contributed by atoms with Crippen molar-refractivity contribution in [3.05, 3.63) is 0 Å². The molecule has 0 aliphatic carbocycles. The van der Waals surface area contributed by atoms with Gasteiger partial charge in [0.05, 0.1) is 18.9 Å². The zero-order chi connectivity index (χ0) is 15.1. The minimum atomic E-state index is -2.71. The van der Waals surface area contributed by atoms with Crippen LogP contribution in [0.5, 0.6) is 0 Å². The maximum absolute atomic E-state index is 11.3. The first-order chi connectivity index (χ1) is 8.71. The number of aliphatic hydroxyl groups excluding tert-OH is 1. The number of ether oxygens (including phenoxy) is 1. The van der Waals surface area contributed by atoms with E-state index >= 15 is 0 Å². The highest BCUT2D eigenvalue weighted by atomic mass is 16.5. The number of aliphatic hydroxyl groups is 2. The van der Waals surface area contributed by atoms with Crippen molar-refractivity contribution in [2.24, 2.45) is 0 Å². The van der Waals surface area contributed by atoms with Gasteiger partial charge < -0.3 is 25.2 Å². The first-order valence-corrected chi connectivity index (χ1v) is 5.72. The highest BCUT2D eigenvalue weighted by molar-refractivity contribution is 5.88. The van der Waals surface area contributed by atoms with Gasteiger partial charge in [0.15, 0.2) is 5.60 Å². The Morgan fingerprint density at radius 3 is 2.21 bits per heavy atom. The molecule has 0 rings (SSSR count). The number of aliphatic carboxylic acids is 2. The van der Waals surface area contributed by atoms with Gasteiger partial charge in [-0.3, -0.25) is 9.59 Å². The Kier molecular flexibility index (Phi) is 7.02. The summed E-state index contributed by atoms with van der Waals surface area (Å²) < 4.78 is 4.58. The van der Waals surface area contributed by atoms with Crippen LogP contribution in [0.15, 0.2) is 0 Å². The molecule has 0 aliphatic heterocycles. The number of esters is 1. The second-order valence-corrected chi connectivity index (χ2v) is 4.21. The molecule has 0 heterocycles. The quantitative estimate of drug-likeness (QED) is 0.408. The summed E-state index contributed by atoms with van der Waals surface area (Å²) in [6, 6.07) is 0. The van der Waals surface area contributed by atoms with E-state index in [-0.39, 0.29) is 6.61 Å². The van der Waals surface area contributed by atoms with Gasteiger partial charge in [-0.15, -0.1) is 0 Å². The first kappa shape index (κ1) is 17.3. The van der Waals surface area contributed by atoms with Gasteiger partial charge in [0, 0.05) is 0 Å². The monoisotopic (exact) mass is 278 g/mol. The van der Waals surface area contributed by atoms with Crippen molar-refractivity contribution >= 4 is 17.9 Å². The summed E-state index contributed by atoms with van der Waals surface area (Å²) in [6.07, 6.45) is -1.89. The van der Waals surface area contributed by atoms with Gasteiger partial charge in [-0.05, 0) is 6.42 Å². The lowest BCUT2D eigenvalue weighted by Crippen LogP contribution is -2.43. The molecule has 0 amide bonds. The molecule has 0 aliphatic rings. The molecule has 2 atom stereocenters. The number of carboxylic acids is 2. The van der Waals surface area contributed by atoms with Crippen molar-refractivity contribution in [3.8, 4) is 0 Å². The second-order valence-electron chi connectivity index (χ2n) is 4.21. The molecule has 0 fully saturated rings. The van der Waals surface area contributed by atoms with Crippen LogP contribution in [-0.2, 0) is 19.1 Å². The Labute approximate surface area is 109 Å². The maximum atomic E-state index is 11.3. The third kappa shape index (κ3) is 6.73. The van der Waals surface area contributed by atoms with Crippen LogP contribution < -0.4 is 0 Å². The Morgan fingerprint density at radius 2 is 1.79 bits per heavy atom. The molecule has 2 unspecified atom stereocenters. The number of hydrogen-bond donors (Lipinski definition) is 4. The van der Waals surface area contributed by atoms with Crippen LogP contribution >= 0.6 is 0 Å². The highest BCUT2D eigenvalue weighted by Crippen LogP contribution is 2.17. The number of carbonyl (C=O) groups is 3. The SMILES string of the molecule is CCCC(O)COC(=O)CC(O)(CC(=O)O)C(=O)O. The summed E-state index contributed by atoms with van der Waals surface area (Å²) >= 11 is 0. The summed E-state index contributed by atoms with van der Waals surface area (Å²) in [5, 5.41) is 36.1. The number of rotatable bonds is 9. The fraction of sp³-hybridized carbons (Fsp3) is 0.727. The van der Waals surface area contributed by atoms with Gasteiger partial charge in [-0.1, -0.05) is 13.3 Å². The highest BCUT2D eigenvalue weighted by Gasteiger charge is 2.41. The summed E-state index contributed by atoms with van der Waals surface area (Å²) in [4.78, 5) is 32.5. The predicted molar refractivity (Wildman–Crippen MR) is 61.3 cm³/mol. The Hall–Kier alpha value is -1.67. The molecule has 4 N–H and O–H groups in total. The van der Waals surface area contributed by atoms with Crippen molar-refractivity contribution in [2.45, 2.75) is 44.3 Å². The molecule has 0 saturated carbocycles. The number of carboxylic acid groups (broad SMARTS) is 2. The summed E-state index contributed by atoms with van der Waals surface area (Å²) in [7, 11) is 0. The largest absolute Gasteiger partial charge is 0.481 e. The Balaban J connectivity index is 4.40. The average Bonchev–Trinajstić information content (AvgIpc) is 2.25. The zero-order valence-electron chi connectivity index (χ0n) is 10.5.